The Morgan fingerprint density at radius 3 is 2.54 bits per heavy atom. The van der Waals surface area contributed by atoms with Crippen LogP contribution in [0.1, 0.15) is 35.3 Å². The maximum absolute atomic E-state index is 12.7. The van der Waals surface area contributed by atoms with E-state index in [1.165, 1.54) is 0 Å². The Balaban J connectivity index is 1.38. The summed E-state index contributed by atoms with van der Waals surface area (Å²) in [6.07, 6.45) is 6.30. The second kappa shape index (κ2) is 10.1. The number of hydrogen-bond acceptors (Lipinski definition) is 3. The molecule has 1 fully saturated rings. The number of hydrogen-bond donors (Lipinski definition) is 2. The van der Waals surface area contributed by atoms with E-state index in [2.05, 4.69) is 55.7 Å². The largest absolute Gasteiger partial charge is 0.352 e. The number of nitrogens with one attached hydrogen (secondary N) is 2. The van der Waals surface area contributed by atoms with Gasteiger partial charge in [0.25, 0.3) is 0 Å². The SMILES string of the molecule is Cc1ccc(NC(=O)CCN2C(=S)N[C@H](c3ccccn3)[C@H]2c2ccn(-c3ccccc3)c2)cc1. The van der Waals surface area contributed by atoms with Gasteiger partial charge in [0.15, 0.2) is 5.11 Å². The van der Waals surface area contributed by atoms with Crippen molar-refractivity contribution in [1.29, 1.82) is 0 Å². The van der Waals surface area contributed by atoms with Crippen LogP contribution in [0.5, 0.6) is 0 Å². The number of pyridine rings is 1. The summed E-state index contributed by atoms with van der Waals surface area (Å²) in [5.41, 5.74) is 5.06. The second-order valence-electron chi connectivity index (χ2n) is 8.67. The highest BCUT2D eigenvalue weighted by Gasteiger charge is 2.40. The van der Waals surface area contributed by atoms with E-state index in [1.54, 1.807) is 6.20 Å². The predicted octanol–water partition coefficient (Wildman–Crippen LogP) is 5.18. The Morgan fingerprint density at radius 2 is 1.80 bits per heavy atom. The molecule has 2 aromatic carbocycles. The number of thiocarbonyl (C=S) groups is 1. The van der Waals surface area contributed by atoms with Crippen molar-refractivity contribution in [2.75, 3.05) is 11.9 Å². The monoisotopic (exact) mass is 481 g/mol. The van der Waals surface area contributed by atoms with Crippen molar-refractivity contribution in [3.8, 4) is 5.69 Å². The van der Waals surface area contributed by atoms with Crippen molar-refractivity contribution in [3.63, 3.8) is 0 Å². The highest BCUT2D eigenvalue weighted by molar-refractivity contribution is 7.80. The van der Waals surface area contributed by atoms with E-state index in [9.17, 15) is 4.79 Å². The Hall–Kier alpha value is -3.97. The van der Waals surface area contributed by atoms with E-state index in [0.29, 0.717) is 18.1 Å². The lowest BCUT2D eigenvalue weighted by atomic mass is 9.99. The molecule has 0 radical (unpaired) electrons. The fraction of sp³-hybridized carbons (Fsp3) is 0.179. The van der Waals surface area contributed by atoms with Crippen molar-refractivity contribution in [2.24, 2.45) is 0 Å². The quantitative estimate of drug-likeness (QED) is 0.356. The molecule has 0 spiro atoms. The molecule has 35 heavy (non-hydrogen) atoms. The Bertz CT molecular complexity index is 1300. The Kier molecular flexibility index (Phi) is 6.59. The van der Waals surface area contributed by atoms with Gasteiger partial charge in [0.05, 0.1) is 17.8 Å². The minimum Gasteiger partial charge on any atom is -0.352 e. The zero-order valence-electron chi connectivity index (χ0n) is 19.5. The molecule has 0 bridgehead atoms. The molecular formula is C28H27N5OS. The molecule has 0 saturated carbocycles. The van der Waals surface area contributed by atoms with Crippen LogP contribution in [0.2, 0.25) is 0 Å². The molecule has 2 aromatic heterocycles. The lowest BCUT2D eigenvalue weighted by Crippen LogP contribution is -2.32. The zero-order chi connectivity index (χ0) is 24.2. The van der Waals surface area contributed by atoms with Crippen LogP contribution in [-0.4, -0.2) is 32.0 Å². The third-order valence-corrected chi connectivity index (χ3v) is 6.58. The number of carbonyl (C=O) groups is 1. The molecule has 3 heterocycles. The fourth-order valence-corrected chi connectivity index (χ4v) is 4.77. The van der Waals surface area contributed by atoms with Crippen molar-refractivity contribution in [3.05, 3.63) is 114 Å². The first-order chi connectivity index (χ1) is 17.1. The number of carbonyl (C=O) groups excluding carboxylic acids is 1. The maximum Gasteiger partial charge on any atom is 0.226 e. The van der Waals surface area contributed by atoms with Gasteiger partial charge in [0, 0.05) is 42.9 Å². The molecule has 176 valence electrons. The highest BCUT2D eigenvalue weighted by atomic mass is 32.1. The minimum atomic E-state index is -0.115. The Labute approximate surface area is 210 Å². The van der Waals surface area contributed by atoms with Crippen molar-refractivity contribution in [2.45, 2.75) is 25.4 Å². The van der Waals surface area contributed by atoms with E-state index >= 15 is 0 Å². The van der Waals surface area contributed by atoms with Gasteiger partial charge in [-0.3, -0.25) is 9.78 Å². The summed E-state index contributed by atoms with van der Waals surface area (Å²) >= 11 is 5.74. The summed E-state index contributed by atoms with van der Waals surface area (Å²) in [4.78, 5) is 19.4. The maximum atomic E-state index is 12.7. The predicted molar refractivity (Wildman–Crippen MR) is 142 cm³/mol. The van der Waals surface area contributed by atoms with Gasteiger partial charge >= 0.3 is 0 Å². The van der Waals surface area contributed by atoms with Gasteiger partial charge in [-0.25, -0.2) is 0 Å². The van der Waals surface area contributed by atoms with Crippen molar-refractivity contribution >= 4 is 28.9 Å². The summed E-state index contributed by atoms with van der Waals surface area (Å²) in [6, 6.07) is 25.8. The van der Waals surface area contributed by atoms with Gasteiger partial charge < -0.3 is 20.1 Å². The van der Waals surface area contributed by atoms with E-state index < -0.39 is 0 Å². The lowest BCUT2D eigenvalue weighted by Gasteiger charge is -2.27. The van der Waals surface area contributed by atoms with E-state index in [0.717, 1.165) is 28.2 Å². The zero-order valence-corrected chi connectivity index (χ0v) is 20.3. The molecule has 0 aliphatic carbocycles. The number of aromatic nitrogens is 2. The van der Waals surface area contributed by atoms with Crippen molar-refractivity contribution in [1.82, 2.24) is 19.8 Å². The number of nitrogens with zero attached hydrogens (tertiary/aromatic N) is 3. The van der Waals surface area contributed by atoms with Crippen LogP contribution in [0.25, 0.3) is 5.69 Å². The van der Waals surface area contributed by atoms with E-state index in [-0.39, 0.29) is 18.0 Å². The van der Waals surface area contributed by atoms with Crippen LogP contribution in [0, 0.1) is 6.92 Å². The fourth-order valence-electron chi connectivity index (χ4n) is 4.44. The molecule has 0 unspecified atom stereocenters. The van der Waals surface area contributed by atoms with Gasteiger partial charge in [-0.15, -0.1) is 0 Å². The highest BCUT2D eigenvalue weighted by Crippen LogP contribution is 2.39. The number of rotatable bonds is 7. The molecule has 6 nitrogen and oxygen atoms in total. The topological polar surface area (TPSA) is 62.2 Å². The van der Waals surface area contributed by atoms with Gasteiger partial charge in [-0.2, -0.15) is 0 Å². The standard InChI is InChI=1S/C28H27N5OS/c1-20-10-12-22(13-11-20)30-25(34)15-18-33-27(26(31-28(33)35)24-9-5-6-16-29-24)21-14-17-32(19-21)23-7-3-2-4-8-23/h2-14,16-17,19,26-27H,15,18H2,1H3,(H,30,34)(H,31,35)/t26-,27-/m1/s1. The number of anilines is 1. The lowest BCUT2D eigenvalue weighted by molar-refractivity contribution is -0.116. The van der Waals surface area contributed by atoms with Crippen LogP contribution >= 0.6 is 12.2 Å². The van der Waals surface area contributed by atoms with Crippen molar-refractivity contribution < 1.29 is 4.79 Å². The molecule has 7 heteroatoms. The van der Waals surface area contributed by atoms with Crippen LogP contribution < -0.4 is 10.6 Å². The summed E-state index contributed by atoms with van der Waals surface area (Å²) in [5, 5.41) is 7.06. The third kappa shape index (κ3) is 5.10. The molecule has 5 rings (SSSR count). The summed E-state index contributed by atoms with van der Waals surface area (Å²) in [5.74, 6) is -0.0430. The molecule has 1 amide bonds. The number of aryl methyl sites for hydroxylation is 1. The molecule has 1 aliphatic rings. The van der Waals surface area contributed by atoms with Crippen LogP contribution in [0.15, 0.2) is 97.5 Å². The van der Waals surface area contributed by atoms with Gasteiger partial charge in [-0.05, 0) is 67.2 Å². The van der Waals surface area contributed by atoms with Crippen LogP contribution in [0.3, 0.4) is 0 Å². The molecule has 1 saturated heterocycles. The van der Waals surface area contributed by atoms with Gasteiger partial charge in [-0.1, -0.05) is 42.0 Å². The summed E-state index contributed by atoms with van der Waals surface area (Å²) < 4.78 is 2.11. The minimum absolute atomic E-state index is 0.0430. The number of para-hydroxylation sites is 1. The molecular weight excluding hydrogens is 454 g/mol. The number of amides is 1. The smallest absolute Gasteiger partial charge is 0.226 e. The average Bonchev–Trinajstić information content (AvgIpc) is 3.50. The number of benzene rings is 2. The van der Waals surface area contributed by atoms with E-state index in [4.69, 9.17) is 12.2 Å². The van der Waals surface area contributed by atoms with Gasteiger partial charge in [0.2, 0.25) is 5.91 Å². The molecule has 1 aliphatic heterocycles. The summed E-state index contributed by atoms with van der Waals surface area (Å²) in [6.45, 7) is 2.52. The summed E-state index contributed by atoms with van der Waals surface area (Å²) in [7, 11) is 0. The molecule has 4 aromatic rings. The first kappa shape index (κ1) is 22.8. The first-order valence-corrected chi connectivity index (χ1v) is 12.1. The third-order valence-electron chi connectivity index (χ3n) is 6.22. The normalized spacial score (nSPS) is 17.3. The van der Waals surface area contributed by atoms with Gasteiger partial charge in [0.1, 0.15) is 0 Å². The first-order valence-electron chi connectivity index (χ1n) is 11.7. The second-order valence-corrected chi connectivity index (χ2v) is 9.06. The molecule has 2 atom stereocenters. The van der Waals surface area contributed by atoms with E-state index in [1.807, 2.05) is 67.6 Å². The van der Waals surface area contributed by atoms with Crippen LogP contribution in [0.4, 0.5) is 5.69 Å². The Morgan fingerprint density at radius 1 is 1.03 bits per heavy atom. The van der Waals surface area contributed by atoms with Crippen LogP contribution in [-0.2, 0) is 4.79 Å². The molecule has 2 N–H and O–H groups in total. The average molecular weight is 482 g/mol.